The molecule has 0 bridgehead atoms. The zero-order valence-corrected chi connectivity index (χ0v) is 11.7. The van der Waals surface area contributed by atoms with E-state index in [-0.39, 0.29) is 0 Å². The number of fused-ring (bicyclic) bond motifs is 4. The maximum absolute atomic E-state index is 4.66. The smallest absolute Gasteiger partial charge is 0.162 e. The lowest BCUT2D eigenvalue weighted by Crippen LogP contribution is -1.90. The van der Waals surface area contributed by atoms with Crippen molar-refractivity contribution in [1.29, 1.82) is 0 Å². The van der Waals surface area contributed by atoms with Crippen molar-refractivity contribution in [3.8, 4) is 0 Å². The highest BCUT2D eigenvalue weighted by molar-refractivity contribution is 5.99. The SMILES string of the molecule is c1ccc2nc3nc4nc5ccccc5cc4cc3cc2c1. The van der Waals surface area contributed by atoms with Gasteiger partial charge < -0.3 is 0 Å². The second kappa shape index (κ2) is 4.21. The molecule has 102 valence electrons. The molecule has 2 aromatic carbocycles. The number of benzene rings is 2. The molecule has 0 radical (unpaired) electrons. The predicted molar refractivity (Wildman–Crippen MR) is 89.9 cm³/mol. The van der Waals surface area contributed by atoms with Crippen molar-refractivity contribution in [3.05, 3.63) is 66.7 Å². The van der Waals surface area contributed by atoms with Gasteiger partial charge >= 0.3 is 0 Å². The Morgan fingerprint density at radius 1 is 0.455 bits per heavy atom. The van der Waals surface area contributed by atoms with Crippen molar-refractivity contribution in [2.45, 2.75) is 0 Å². The van der Waals surface area contributed by atoms with Crippen LogP contribution in [-0.2, 0) is 0 Å². The zero-order valence-electron chi connectivity index (χ0n) is 11.7. The number of para-hydroxylation sites is 2. The maximum Gasteiger partial charge on any atom is 0.162 e. The maximum atomic E-state index is 4.66. The fourth-order valence-electron chi connectivity index (χ4n) is 2.90. The van der Waals surface area contributed by atoms with E-state index in [2.05, 4.69) is 45.3 Å². The minimum absolute atomic E-state index is 0.744. The van der Waals surface area contributed by atoms with E-state index < -0.39 is 0 Å². The van der Waals surface area contributed by atoms with Gasteiger partial charge in [0.25, 0.3) is 0 Å². The van der Waals surface area contributed by atoms with Gasteiger partial charge in [0, 0.05) is 21.5 Å². The van der Waals surface area contributed by atoms with Crippen LogP contribution in [0.3, 0.4) is 0 Å². The summed E-state index contributed by atoms with van der Waals surface area (Å²) in [6, 6.07) is 22.6. The number of aromatic nitrogens is 3. The molecule has 0 atom stereocenters. The number of pyridine rings is 3. The van der Waals surface area contributed by atoms with Crippen molar-refractivity contribution in [1.82, 2.24) is 15.0 Å². The molecular formula is C19H11N3. The average Bonchev–Trinajstić information content (AvgIpc) is 2.56. The number of nitrogens with zero attached hydrogens (tertiary/aromatic N) is 3. The lowest BCUT2D eigenvalue weighted by molar-refractivity contribution is 1.32. The molecule has 3 heterocycles. The Labute approximate surface area is 126 Å². The van der Waals surface area contributed by atoms with Gasteiger partial charge in [-0.25, -0.2) is 15.0 Å². The Balaban J connectivity index is 1.93. The van der Waals surface area contributed by atoms with Crippen molar-refractivity contribution in [2.24, 2.45) is 0 Å². The summed E-state index contributed by atoms with van der Waals surface area (Å²) in [6.07, 6.45) is 0. The summed E-state index contributed by atoms with van der Waals surface area (Å²) in [5.41, 5.74) is 3.41. The van der Waals surface area contributed by atoms with Gasteiger partial charge in [-0.3, -0.25) is 0 Å². The van der Waals surface area contributed by atoms with E-state index in [0.717, 1.165) is 43.9 Å². The minimum Gasteiger partial charge on any atom is -0.228 e. The molecule has 0 aliphatic heterocycles. The van der Waals surface area contributed by atoms with Crippen molar-refractivity contribution < 1.29 is 0 Å². The quantitative estimate of drug-likeness (QED) is 0.393. The van der Waals surface area contributed by atoms with Gasteiger partial charge in [-0.2, -0.15) is 0 Å². The summed E-state index contributed by atoms with van der Waals surface area (Å²) in [6.45, 7) is 0. The third kappa shape index (κ3) is 1.66. The summed E-state index contributed by atoms with van der Waals surface area (Å²) in [4.78, 5) is 14.0. The van der Waals surface area contributed by atoms with Gasteiger partial charge in [0.15, 0.2) is 11.3 Å². The predicted octanol–water partition coefficient (Wildman–Crippen LogP) is 4.48. The molecule has 22 heavy (non-hydrogen) atoms. The first-order valence-electron chi connectivity index (χ1n) is 7.23. The van der Waals surface area contributed by atoms with Crippen LogP contribution in [0.15, 0.2) is 66.7 Å². The third-order valence-electron chi connectivity index (χ3n) is 3.99. The molecule has 0 spiro atoms. The molecule has 0 saturated carbocycles. The topological polar surface area (TPSA) is 38.7 Å². The van der Waals surface area contributed by atoms with Crippen LogP contribution in [0.4, 0.5) is 0 Å². The van der Waals surface area contributed by atoms with E-state index in [9.17, 15) is 0 Å². The summed E-state index contributed by atoms with van der Waals surface area (Å²) >= 11 is 0. The summed E-state index contributed by atoms with van der Waals surface area (Å²) in [5.74, 6) is 0. The Morgan fingerprint density at radius 3 is 1.45 bits per heavy atom. The van der Waals surface area contributed by atoms with E-state index in [0.29, 0.717) is 0 Å². The summed E-state index contributed by atoms with van der Waals surface area (Å²) < 4.78 is 0. The van der Waals surface area contributed by atoms with Crippen LogP contribution in [0.2, 0.25) is 0 Å². The highest BCUT2D eigenvalue weighted by Gasteiger charge is 2.06. The molecule has 5 rings (SSSR count). The fourth-order valence-corrected chi connectivity index (χ4v) is 2.90. The molecular weight excluding hydrogens is 270 g/mol. The van der Waals surface area contributed by atoms with Gasteiger partial charge in [-0.1, -0.05) is 36.4 Å². The van der Waals surface area contributed by atoms with Crippen molar-refractivity contribution >= 4 is 43.9 Å². The van der Waals surface area contributed by atoms with E-state index in [1.54, 1.807) is 0 Å². The average molecular weight is 281 g/mol. The van der Waals surface area contributed by atoms with Gasteiger partial charge in [0.2, 0.25) is 0 Å². The van der Waals surface area contributed by atoms with Crippen LogP contribution in [0.1, 0.15) is 0 Å². The molecule has 5 aromatic rings. The largest absolute Gasteiger partial charge is 0.228 e. The van der Waals surface area contributed by atoms with Crippen LogP contribution in [0.25, 0.3) is 43.9 Å². The van der Waals surface area contributed by atoms with E-state index in [1.165, 1.54) is 0 Å². The van der Waals surface area contributed by atoms with Crippen molar-refractivity contribution in [2.75, 3.05) is 0 Å². The van der Waals surface area contributed by atoms with Gasteiger partial charge in [-0.05, 0) is 30.3 Å². The van der Waals surface area contributed by atoms with E-state index in [1.807, 2.05) is 36.4 Å². The van der Waals surface area contributed by atoms with Gasteiger partial charge in [-0.15, -0.1) is 0 Å². The third-order valence-corrected chi connectivity index (χ3v) is 3.99. The Kier molecular flexibility index (Phi) is 2.22. The van der Waals surface area contributed by atoms with Crippen LogP contribution in [0.5, 0.6) is 0 Å². The molecule has 0 saturated heterocycles. The lowest BCUT2D eigenvalue weighted by atomic mass is 10.1. The standard InChI is InChI=1S/C19H11N3/c1-3-7-16-12(5-1)9-14-11-15-10-13-6-2-4-8-17(13)21-19(15)22-18(14)20-16/h1-11H. The van der Waals surface area contributed by atoms with E-state index in [4.69, 9.17) is 0 Å². The molecule has 0 amide bonds. The number of hydrogen-bond acceptors (Lipinski definition) is 3. The second-order valence-corrected chi connectivity index (χ2v) is 5.44. The van der Waals surface area contributed by atoms with Crippen LogP contribution < -0.4 is 0 Å². The monoisotopic (exact) mass is 281 g/mol. The molecule has 0 fully saturated rings. The number of hydrogen-bond donors (Lipinski definition) is 0. The normalized spacial score (nSPS) is 11.6. The van der Waals surface area contributed by atoms with Gasteiger partial charge in [0.1, 0.15) is 0 Å². The van der Waals surface area contributed by atoms with Crippen molar-refractivity contribution in [3.63, 3.8) is 0 Å². The Bertz CT molecular complexity index is 995. The zero-order chi connectivity index (χ0) is 14.5. The summed E-state index contributed by atoms with van der Waals surface area (Å²) in [7, 11) is 0. The Morgan fingerprint density at radius 2 is 0.909 bits per heavy atom. The highest BCUT2D eigenvalue weighted by atomic mass is 14.9. The first-order valence-corrected chi connectivity index (χ1v) is 7.23. The van der Waals surface area contributed by atoms with E-state index >= 15 is 0 Å². The molecule has 0 aliphatic rings. The first-order chi connectivity index (χ1) is 10.9. The van der Waals surface area contributed by atoms with Crippen LogP contribution in [0, 0.1) is 0 Å². The second-order valence-electron chi connectivity index (χ2n) is 5.44. The molecule has 3 nitrogen and oxygen atoms in total. The lowest BCUT2D eigenvalue weighted by Gasteiger charge is -2.04. The van der Waals surface area contributed by atoms with Gasteiger partial charge in [0.05, 0.1) is 11.0 Å². The molecule has 0 N–H and O–H groups in total. The molecule has 0 unspecified atom stereocenters. The van der Waals surface area contributed by atoms with Crippen LogP contribution in [-0.4, -0.2) is 15.0 Å². The first kappa shape index (κ1) is 11.6. The highest BCUT2D eigenvalue weighted by Crippen LogP contribution is 2.24. The summed E-state index contributed by atoms with van der Waals surface area (Å²) in [5, 5.41) is 4.35. The Hall–Kier alpha value is -3.07. The molecule has 3 heteroatoms. The molecule has 0 aliphatic carbocycles. The molecule has 3 aromatic heterocycles. The fraction of sp³-hybridized carbons (Fsp3) is 0. The van der Waals surface area contributed by atoms with Crippen LogP contribution >= 0.6 is 0 Å². The minimum atomic E-state index is 0.744. The number of rotatable bonds is 0.